The Morgan fingerprint density at radius 2 is 1.71 bits per heavy atom. The van der Waals surface area contributed by atoms with Gasteiger partial charge in [0, 0.05) is 22.0 Å². The smallest absolute Gasteiger partial charge is 0.412 e. The minimum Gasteiger partial charge on any atom is -0.508 e. The highest BCUT2D eigenvalue weighted by atomic mass is 79.9. The second-order valence-electron chi connectivity index (χ2n) is 9.23. The van der Waals surface area contributed by atoms with E-state index in [1.54, 1.807) is 48.5 Å². The molecule has 2 amide bonds. The van der Waals surface area contributed by atoms with Gasteiger partial charge in [-0.25, -0.2) is 4.79 Å². The number of anilines is 3. The monoisotopic (exact) mass is 617 g/mol. The summed E-state index contributed by atoms with van der Waals surface area (Å²) in [5.41, 5.74) is 7.90. The lowest BCUT2D eigenvalue weighted by Gasteiger charge is -2.28. The molecule has 0 saturated heterocycles. The lowest BCUT2D eigenvalue weighted by atomic mass is 9.99. The third kappa shape index (κ3) is 8.09. The minimum absolute atomic E-state index is 0.0313. The number of phenols is 1. The number of halogens is 1. The molecule has 0 aromatic heterocycles. The van der Waals surface area contributed by atoms with Gasteiger partial charge in [-0.2, -0.15) is 0 Å². The van der Waals surface area contributed by atoms with E-state index in [0.717, 1.165) is 10.8 Å². The zero-order chi connectivity index (χ0) is 29.2. The van der Waals surface area contributed by atoms with Gasteiger partial charge in [-0.3, -0.25) is 10.1 Å². The average molecular weight is 619 g/mol. The number of carbonyl (C=O) groups excluding carboxylic acids is 2. The van der Waals surface area contributed by atoms with E-state index in [1.165, 1.54) is 12.1 Å². The highest BCUT2D eigenvalue weighted by Gasteiger charge is 2.30. The fourth-order valence-electron chi connectivity index (χ4n) is 4.45. The van der Waals surface area contributed by atoms with Gasteiger partial charge < -0.3 is 25.6 Å². The van der Waals surface area contributed by atoms with Crippen molar-refractivity contribution in [3.05, 3.63) is 107 Å². The van der Waals surface area contributed by atoms with Crippen LogP contribution in [0.2, 0.25) is 0 Å². The SMILES string of the molecule is CCO[C@H](CC/C=C/C(=O)Nc1ccccc1N)[C@H](OC(=O)Nc1cccc2ccccc12)c1cc(Br)ccc1O. The Hall–Kier alpha value is -4.34. The Kier molecular flexibility index (Phi) is 10.4. The Bertz CT molecular complexity index is 1540. The quantitative estimate of drug-likeness (QED) is 0.102. The number of rotatable bonds is 11. The molecule has 0 radical (unpaired) electrons. The third-order valence-electron chi connectivity index (χ3n) is 6.38. The first-order valence-electron chi connectivity index (χ1n) is 13.2. The fraction of sp³-hybridized carbons (Fsp3) is 0.188. The van der Waals surface area contributed by atoms with Crippen molar-refractivity contribution in [2.45, 2.75) is 32.0 Å². The number of nitrogens with two attached hydrogens (primary N) is 1. The molecule has 0 heterocycles. The van der Waals surface area contributed by atoms with Gasteiger partial charge in [0.15, 0.2) is 6.10 Å². The van der Waals surface area contributed by atoms with Gasteiger partial charge in [0.05, 0.1) is 23.2 Å². The molecule has 4 rings (SSSR count). The highest BCUT2D eigenvalue weighted by Crippen LogP contribution is 2.35. The molecule has 0 aliphatic rings. The number of fused-ring (bicyclic) bond motifs is 1. The summed E-state index contributed by atoms with van der Waals surface area (Å²) in [7, 11) is 0. The van der Waals surface area contributed by atoms with E-state index in [0.29, 0.717) is 46.5 Å². The van der Waals surface area contributed by atoms with Crippen LogP contribution >= 0.6 is 15.9 Å². The Labute approximate surface area is 247 Å². The number of para-hydroxylation sites is 2. The molecule has 4 aromatic carbocycles. The lowest BCUT2D eigenvalue weighted by molar-refractivity contribution is -0.111. The fourth-order valence-corrected chi connectivity index (χ4v) is 4.83. The molecule has 2 atom stereocenters. The summed E-state index contributed by atoms with van der Waals surface area (Å²) in [5.74, 6) is -0.348. The minimum atomic E-state index is -0.936. The number of hydrogen-bond donors (Lipinski definition) is 4. The molecular formula is C32H32BrN3O5. The molecule has 0 aliphatic heterocycles. The molecule has 0 bridgehead atoms. The molecule has 4 aromatic rings. The topological polar surface area (TPSA) is 123 Å². The van der Waals surface area contributed by atoms with Crippen molar-refractivity contribution < 1.29 is 24.2 Å². The molecule has 0 aliphatic carbocycles. The Balaban J connectivity index is 1.50. The van der Waals surface area contributed by atoms with Crippen LogP contribution in [0.3, 0.4) is 0 Å². The summed E-state index contributed by atoms with van der Waals surface area (Å²) in [5, 5.41) is 18.1. The van der Waals surface area contributed by atoms with Crippen molar-refractivity contribution in [2.24, 2.45) is 0 Å². The Morgan fingerprint density at radius 1 is 0.976 bits per heavy atom. The predicted molar refractivity (Wildman–Crippen MR) is 166 cm³/mol. The van der Waals surface area contributed by atoms with E-state index >= 15 is 0 Å². The van der Waals surface area contributed by atoms with Crippen LogP contribution in [0, 0.1) is 0 Å². The van der Waals surface area contributed by atoms with Crippen LogP contribution in [0.1, 0.15) is 31.4 Å². The van der Waals surface area contributed by atoms with Crippen molar-refractivity contribution in [1.82, 2.24) is 0 Å². The molecule has 212 valence electrons. The van der Waals surface area contributed by atoms with Crippen molar-refractivity contribution >= 4 is 55.8 Å². The molecule has 0 unspecified atom stereocenters. The molecule has 8 nitrogen and oxygen atoms in total. The van der Waals surface area contributed by atoms with Crippen LogP contribution in [0.25, 0.3) is 10.8 Å². The first-order chi connectivity index (χ1) is 19.9. The van der Waals surface area contributed by atoms with E-state index in [2.05, 4.69) is 26.6 Å². The van der Waals surface area contributed by atoms with E-state index in [1.807, 2.05) is 43.3 Å². The Morgan fingerprint density at radius 3 is 2.51 bits per heavy atom. The van der Waals surface area contributed by atoms with Crippen LogP contribution in [-0.4, -0.2) is 29.8 Å². The first kappa shape index (κ1) is 29.6. The number of ether oxygens (including phenoxy) is 2. The van der Waals surface area contributed by atoms with Crippen molar-refractivity contribution in [1.29, 1.82) is 0 Å². The van der Waals surface area contributed by atoms with Gasteiger partial charge in [0.25, 0.3) is 0 Å². The summed E-state index contributed by atoms with van der Waals surface area (Å²) in [6.07, 6.45) is 1.75. The number of nitrogens with one attached hydrogen (secondary N) is 2. The molecular weight excluding hydrogens is 586 g/mol. The zero-order valence-corrected chi connectivity index (χ0v) is 24.1. The van der Waals surface area contributed by atoms with Crippen LogP contribution < -0.4 is 16.4 Å². The van der Waals surface area contributed by atoms with Gasteiger partial charge in [-0.1, -0.05) is 70.5 Å². The molecule has 5 N–H and O–H groups in total. The van der Waals surface area contributed by atoms with Gasteiger partial charge in [-0.05, 0) is 67.6 Å². The predicted octanol–water partition coefficient (Wildman–Crippen LogP) is 7.56. The normalized spacial score (nSPS) is 12.6. The van der Waals surface area contributed by atoms with E-state index < -0.39 is 18.3 Å². The van der Waals surface area contributed by atoms with Gasteiger partial charge in [-0.15, -0.1) is 0 Å². The van der Waals surface area contributed by atoms with Crippen molar-refractivity contribution in [3.63, 3.8) is 0 Å². The maximum absolute atomic E-state index is 13.2. The summed E-state index contributed by atoms with van der Waals surface area (Å²) in [6.45, 7) is 2.19. The molecule has 9 heteroatoms. The first-order valence-corrected chi connectivity index (χ1v) is 14.0. The third-order valence-corrected chi connectivity index (χ3v) is 6.87. The molecule has 41 heavy (non-hydrogen) atoms. The summed E-state index contributed by atoms with van der Waals surface area (Å²) < 4.78 is 12.7. The second-order valence-corrected chi connectivity index (χ2v) is 10.1. The maximum Gasteiger partial charge on any atom is 0.412 e. The standard InChI is InChI=1S/C32H32BrN3O5/c1-2-40-29(16-7-8-17-30(38)35-27-14-6-5-13-25(27)34)31(24-20-22(33)18-19-28(24)37)41-32(39)36-26-15-9-11-21-10-3-4-12-23(21)26/h3-6,8-15,17-20,29,31,37H,2,7,16,34H2,1H3,(H,35,38)(H,36,39)/b17-8+/t29-,31-/m1/s1. The van der Waals surface area contributed by atoms with E-state index in [-0.39, 0.29) is 11.7 Å². The number of phenolic OH excluding ortho intramolecular Hbond substituents is 1. The number of amides is 2. The largest absolute Gasteiger partial charge is 0.508 e. The number of benzene rings is 4. The summed E-state index contributed by atoms with van der Waals surface area (Å²) in [6, 6.07) is 25.3. The van der Waals surface area contributed by atoms with Crippen molar-refractivity contribution in [2.75, 3.05) is 23.0 Å². The number of carbonyl (C=O) groups is 2. The number of nitrogen functional groups attached to an aromatic ring is 1. The van der Waals surface area contributed by atoms with Gasteiger partial charge in [0.1, 0.15) is 5.75 Å². The van der Waals surface area contributed by atoms with Crippen LogP contribution in [0.15, 0.2) is 102 Å². The van der Waals surface area contributed by atoms with Gasteiger partial charge in [0.2, 0.25) is 5.91 Å². The van der Waals surface area contributed by atoms with E-state index in [4.69, 9.17) is 15.2 Å². The molecule has 0 saturated carbocycles. The highest BCUT2D eigenvalue weighted by molar-refractivity contribution is 9.10. The van der Waals surface area contributed by atoms with Crippen LogP contribution in [-0.2, 0) is 14.3 Å². The van der Waals surface area contributed by atoms with Gasteiger partial charge >= 0.3 is 6.09 Å². The van der Waals surface area contributed by atoms with Crippen molar-refractivity contribution in [3.8, 4) is 5.75 Å². The summed E-state index contributed by atoms with van der Waals surface area (Å²) >= 11 is 3.44. The number of aromatic hydroxyl groups is 1. The average Bonchev–Trinajstić information content (AvgIpc) is 2.96. The second kappa shape index (κ2) is 14.3. The lowest BCUT2D eigenvalue weighted by Crippen LogP contribution is -2.29. The number of allylic oxidation sites excluding steroid dienone is 1. The number of hydrogen-bond acceptors (Lipinski definition) is 6. The van der Waals surface area contributed by atoms with Crippen LogP contribution in [0.5, 0.6) is 5.75 Å². The van der Waals surface area contributed by atoms with E-state index in [9.17, 15) is 14.7 Å². The molecule has 0 spiro atoms. The summed E-state index contributed by atoms with van der Waals surface area (Å²) in [4.78, 5) is 25.6. The maximum atomic E-state index is 13.2. The zero-order valence-electron chi connectivity index (χ0n) is 22.5. The molecule has 0 fully saturated rings. The van der Waals surface area contributed by atoms with Crippen LogP contribution in [0.4, 0.5) is 21.9 Å².